The van der Waals surface area contributed by atoms with Crippen molar-refractivity contribution in [3.05, 3.63) is 12.3 Å². The molecule has 1 aromatic heterocycles. The molecule has 0 saturated carbocycles. The average molecular weight is 180 g/mol. The van der Waals surface area contributed by atoms with E-state index in [1.54, 1.807) is 0 Å². The largest absolute Gasteiger partial charge is 0.450 e. The lowest BCUT2D eigenvalue weighted by atomic mass is 10.7. The highest BCUT2D eigenvalue weighted by Crippen LogP contribution is 2.19. The second-order valence-corrected chi connectivity index (χ2v) is 3.37. The van der Waals surface area contributed by atoms with Crippen molar-refractivity contribution >= 4 is 22.7 Å². The fourth-order valence-electron chi connectivity index (χ4n) is 0.482. The fraction of sp³-hybridized carbons (Fsp3) is 0. The van der Waals surface area contributed by atoms with Gasteiger partial charge in [0, 0.05) is 0 Å². The third kappa shape index (κ3) is 1.34. The SMILES string of the molecule is O=S(=O)(O)c1occc1S. The Hall–Kier alpha value is -0.460. The van der Waals surface area contributed by atoms with E-state index >= 15 is 0 Å². The smallest absolute Gasteiger partial charge is 0.329 e. The van der Waals surface area contributed by atoms with Gasteiger partial charge in [0.25, 0.3) is 5.09 Å². The molecule has 0 amide bonds. The molecule has 0 aliphatic rings. The van der Waals surface area contributed by atoms with Gasteiger partial charge in [0.2, 0.25) is 0 Å². The van der Waals surface area contributed by atoms with Gasteiger partial charge < -0.3 is 4.42 Å². The summed E-state index contributed by atoms with van der Waals surface area (Å²) in [7, 11) is -4.23. The Balaban J connectivity index is 3.32. The molecule has 0 fully saturated rings. The predicted molar refractivity (Wildman–Crippen MR) is 35.8 cm³/mol. The van der Waals surface area contributed by atoms with Crippen molar-refractivity contribution in [2.75, 3.05) is 0 Å². The Morgan fingerprint density at radius 1 is 1.60 bits per heavy atom. The second-order valence-electron chi connectivity index (χ2n) is 1.57. The van der Waals surface area contributed by atoms with E-state index < -0.39 is 15.2 Å². The Morgan fingerprint density at radius 3 is 2.40 bits per heavy atom. The van der Waals surface area contributed by atoms with Gasteiger partial charge in [0.05, 0.1) is 11.2 Å². The predicted octanol–water partition coefficient (Wildman–Crippen LogP) is 0.815. The maximum absolute atomic E-state index is 10.3. The molecule has 0 aliphatic carbocycles. The summed E-state index contributed by atoms with van der Waals surface area (Å²) in [6.45, 7) is 0. The third-order valence-electron chi connectivity index (χ3n) is 0.844. The van der Waals surface area contributed by atoms with Crippen LogP contribution in [0.5, 0.6) is 0 Å². The molecule has 1 aromatic rings. The van der Waals surface area contributed by atoms with Crippen molar-refractivity contribution in [1.82, 2.24) is 0 Å². The van der Waals surface area contributed by atoms with Crippen LogP contribution in [0.2, 0.25) is 0 Å². The van der Waals surface area contributed by atoms with Crippen molar-refractivity contribution in [3.63, 3.8) is 0 Å². The standard InChI is InChI=1S/C4H4O4S2/c5-10(6,7)4-3(9)1-2-8-4/h1-2,9H,(H,5,6,7). The molecule has 4 nitrogen and oxygen atoms in total. The molecule has 0 unspecified atom stereocenters. The van der Waals surface area contributed by atoms with Gasteiger partial charge in [-0.3, -0.25) is 4.55 Å². The summed E-state index contributed by atoms with van der Waals surface area (Å²) >= 11 is 3.71. The van der Waals surface area contributed by atoms with E-state index in [2.05, 4.69) is 17.0 Å². The molecule has 56 valence electrons. The highest BCUT2D eigenvalue weighted by molar-refractivity contribution is 7.87. The quantitative estimate of drug-likeness (QED) is 0.496. The van der Waals surface area contributed by atoms with E-state index in [9.17, 15) is 8.42 Å². The third-order valence-corrected chi connectivity index (χ3v) is 2.13. The first-order chi connectivity index (χ1) is 4.52. The molecule has 0 bridgehead atoms. The lowest BCUT2D eigenvalue weighted by Gasteiger charge is -1.88. The Bertz CT molecular complexity index is 323. The van der Waals surface area contributed by atoms with E-state index in [0.29, 0.717) is 0 Å². The van der Waals surface area contributed by atoms with Gasteiger partial charge in [0.15, 0.2) is 0 Å². The maximum Gasteiger partial charge on any atom is 0.329 e. The molecule has 6 heteroatoms. The van der Waals surface area contributed by atoms with Gasteiger partial charge in [-0.15, -0.1) is 12.6 Å². The maximum atomic E-state index is 10.3. The number of hydrogen-bond acceptors (Lipinski definition) is 4. The molecule has 1 heterocycles. The van der Waals surface area contributed by atoms with Crippen molar-refractivity contribution < 1.29 is 17.4 Å². The van der Waals surface area contributed by atoms with Gasteiger partial charge >= 0.3 is 10.1 Å². The molecule has 10 heavy (non-hydrogen) atoms. The van der Waals surface area contributed by atoms with Crippen molar-refractivity contribution in [2.24, 2.45) is 0 Å². The van der Waals surface area contributed by atoms with Crippen LogP contribution in [0.1, 0.15) is 0 Å². The van der Waals surface area contributed by atoms with Crippen molar-refractivity contribution in [2.45, 2.75) is 9.99 Å². The zero-order valence-corrected chi connectivity index (χ0v) is 6.39. The lowest BCUT2D eigenvalue weighted by molar-refractivity contribution is 0.398. The Kier molecular flexibility index (Phi) is 1.76. The molecular formula is C4H4O4S2. The van der Waals surface area contributed by atoms with Gasteiger partial charge in [0.1, 0.15) is 0 Å². The zero-order valence-electron chi connectivity index (χ0n) is 4.68. The van der Waals surface area contributed by atoms with Crippen molar-refractivity contribution in [3.8, 4) is 0 Å². The summed E-state index contributed by atoms with van der Waals surface area (Å²) in [5.74, 6) is 0. The van der Waals surface area contributed by atoms with Crippen LogP contribution >= 0.6 is 12.6 Å². The molecule has 1 rings (SSSR count). The van der Waals surface area contributed by atoms with Crippen LogP contribution in [0.15, 0.2) is 26.7 Å². The summed E-state index contributed by atoms with van der Waals surface area (Å²) in [5.41, 5.74) is 0. The second kappa shape index (κ2) is 2.30. The first-order valence-electron chi connectivity index (χ1n) is 2.26. The fourth-order valence-corrected chi connectivity index (χ4v) is 1.45. The van der Waals surface area contributed by atoms with E-state index in [-0.39, 0.29) is 4.90 Å². The summed E-state index contributed by atoms with van der Waals surface area (Å²) in [4.78, 5) is 0.0995. The lowest BCUT2D eigenvalue weighted by Crippen LogP contribution is -1.95. The molecule has 0 radical (unpaired) electrons. The Morgan fingerprint density at radius 2 is 2.20 bits per heavy atom. The van der Waals surface area contributed by atoms with E-state index in [0.717, 1.165) is 6.26 Å². The highest BCUT2D eigenvalue weighted by Gasteiger charge is 2.16. The van der Waals surface area contributed by atoms with E-state index in [1.807, 2.05) is 0 Å². The van der Waals surface area contributed by atoms with Crippen LogP contribution in [0.3, 0.4) is 0 Å². The minimum absolute atomic E-state index is 0.0995. The summed E-state index contributed by atoms with van der Waals surface area (Å²) < 4.78 is 33.5. The number of furan rings is 1. The molecule has 0 aliphatic heterocycles. The van der Waals surface area contributed by atoms with Crippen LogP contribution in [0, 0.1) is 0 Å². The summed E-state index contributed by atoms with van der Waals surface area (Å²) in [6, 6.07) is 1.33. The van der Waals surface area contributed by atoms with Gasteiger partial charge in [-0.2, -0.15) is 8.42 Å². The average Bonchev–Trinajstić information content (AvgIpc) is 2.11. The number of rotatable bonds is 1. The zero-order chi connectivity index (χ0) is 7.78. The number of thiol groups is 1. The van der Waals surface area contributed by atoms with Crippen LogP contribution in [-0.2, 0) is 10.1 Å². The van der Waals surface area contributed by atoms with Crippen molar-refractivity contribution in [1.29, 1.82) is 0 Å². The summed E-state index contributed by atoms with van der Waals surface area (Å²) in [5, 5.41) is -0.518. The first kappa shape index (κ1) is 7.64. The Labute approximate surface area is 63.0 Å². The summed E-state index contributed by atoms with van der Waals surface area (Å²) in [6.07, 6.45) is 1.13. The molecular weight excluding hydrogens is 176 g/mol. The molecule has 0 aromatic carbocycles. The normalized spacial score (nSPS) is 11.8. The first-order valence-corrected chi connectivity index (χ1v) is 4.14. The van der Waals surface area contributed by atoms with Gasteiger partial charge in [-0.1, -0.05) is 0 Å². The topological polar surface area (TPSA) is 67.5 Å². The van der Waals surface area contributed by atoms with Crippen LogP contribution in [0.4, 0.5) is 0 Å². The highest BCUT2D eigenvalue weighted by atomic mass is 32.2. The molecule has 1 N–H and O–H groups in total. The van der Waals surface area contributed by atoms with Gasteiger partial charge in [-0.05, 0) is 6.07 Å². The monoisotopic (exact) mass is 180 g/mol. The van der Waals surface area contributed by atoms with Crippen LogP contribution < -0.4 is 0 Å². The van der Waals surface area contributed by atoms with Gasteiger partial charge in [-0.25, -0.2) is 0 Å². The molecule has 0 atom stereocenters. The minimum Gasteiger partial charge on any atom is -0.450 e. The van der Waals surface area contributed by atoms with E-state index in [1.165, 1.54) is 6.07 Å². The van der Waals surface area contributed by atoms with E-state index in [4.69, 9.17) is 4.55 Å². The molecule has 0 spiro atoms. The minimum atomic E-state index is -4.23. The molecule has 0 saturated heterocycles. The van der Waals surface area contributed by atoms with Crippen LogP contribution in [0.25, 0.3) is 0 Å². The van der Waals surface area contributed by atoms with Crippen LogP contribution in [-0.4, -0.2) is 13.0 Å². The number of hydrogen-bond donors (Lipinski definition) is 2.